The van der Waals surface area contributed by atoms with Crippen molar-refractivity contribution in [2.75, 3.05) is 20.3 Å². The average molecular weight is 326 g/mol. The van der Waals surface area contributed by atoms with Crippen molar-refractivity contribution in [3.63, 3.8) is 0 Å². The first-order valence-corrected chi connectivity index (χ1v) is 7.89. The van der Waals surface area contributed by atoms with Crippen molar-refractivity contribution in [3.05, 3.63) is 47.9 Å². The van der Waals surface area contributed by atoms with E-state index in [1.807, 2.05) is 36.5 Å². The summed E-state index contributed by atoms with van der Waals surface area (Å²) in [6.07, 6.45) is 2.96. The third-order valence-electron chi connectivity index (χ3n) is 4.14. The molecule has 0 N–H and O–H groups in total. The van der Waals surface area contributed by atoms with Crippen LogP contribution in [0.1, 0.15) is 23.7 Å². The Kier molecular flexibility index (Phi) is 4.00. The second-order valence-electron chi connectivity index (χ2n) is 5.82. The van der Waals surface area contributed by atoms with Crippen LogP contribution in [0.2, 0.25) is 0 Å². The smallest absolute Gasteiger partial charge is 0.167 e. The summed E-state index contributed by atoms with van der Waals surface area (Å²) in [4.78, 5) is 0. The zero-order valence-corrected chi connectivity index (χ0v) is 13.4. The molecule has 0 unspecified atom stereocenters. The Bertz CT molecular complexity index is 821. The van der Waals surface area contributed by atoms with Gasteiger partial charge in [-0.1, -0.05) is 22.5 Å². The van der Waals surface area contributed by atoms with Crippen LogP contribution in [0.3, 0.4) is 0 Å². The molecule has 0 amide bonds. The van der Waals surface area contributed by atoms with Crippen LogP contribution >= 0.6 is 0 Å². The topological polar surface area (TPSA) is 75.2 Å². The minimum absolute atomic E-state index is 0.350. The van der Waals surface area contributed by atoms with Gasteiger partial charge in [-0.15, -0.1) is 5.10 Å². The molecule has 2 aromatic heterocycles. The van der Waals surface area contributed by atoms with Gasteiger partial charge in [0.15, 0.2) is 5.76 Å². The van der Waals surface area contributed by atoms with Gasteiger partial charge in [0.05, 0.1) is 26.0 Å². The van der Waals surface area contributed by atoms with Gasteiger partial charge >= 0.3 is 0 Å². The summed E-state index contributed by atoms with van der Waals surface area (Å²) in [7, 11) is 1.64. The van der Waals surface area contributed by atoms with Gasteiger partial charge in [0.25, 0.3) is 0 Å². The quantitative estimate of drug-likeness (QED) is 0.717. The van der Waals surface area contributed by atoms with Crippen LogP contribution in [0.4, 0.5) is 0 Å². The van der Waals surface area contributed by atoms with Gasteiger partial charge in [0, 0.05) is 30.4 Å². The van der Waals surface area contributed by atoms with Crippen molar-refractivity contribution < 1.29 is 14.0 Å². The van der Waals surface area contributed by atoms with Gasteiger partial charge in [-0.3, -0.25) is 0 Å². The Balaban J connectivity index is 1.48. The van der Waals surface area contributed by atoms with Crippen LogP contribution < -0.4 is 4.74 Å². The van der Waals surface area contributed by atoms with Crippen LogP contribution in [-0.2, 0) is 11.3 Å². The summed E-state index contributed by atoms with van der Waals surface area (Å²) < 4.78 is 17.9. The molecule has 0 spiro atoms. The molecule has 1 aromatic carbocycles. The molecule has 3 aromatic rings. The first kappa shape index (κ1) is 14.9. The first-order valence-electron chi connectivity index (χ1n) is 7.89. The summed E-state index contributed by atoms with van der Waals surface area (Å²) in [6.45, 7) is 2.04. The Hall–Kier alpha value is -2.67. The monoisotopic (exact) mass is 326 g/mol. The Morgan fingerprint density at radius 1 is 1.33 bits per heavy atom. The normalized spacial score (nSPS) is 17.3. The predicted molar refractivity (Wildman–Crippen MR) is 85.8 cm³/mol. The van der Waals surface area contributed by atoms with Crippen molar-refractivity contribution in [2.45, 2.75) is 18.9 Å². The van der Waals surface area contributed by atoms with E-state index >= 15 is 0 Å². The SMILES string of the molecule is COc1cccc(-c2cc(Cn3cc([C@H]4CCOC4)nn3)no2)c1. The van der Waals surface area contributed by atoms with Gasteiger partial charge in [-0.25, -0.2) is 4.68 Å². The molecule has 1 aliphatic heterocycles. The molecule has 0 bridgehead atoms. The number of aromatic nitrogens is 4. The highest BCUT2D eigenvalue weighted by molar-refractivity contribution is 5.59. The highest BCUT2D eigenvalue weighted by atomic mass is 16.5. The second kappa shape index (κ2) is 6.45. The maximum atomic E-state index is 5.44. The van der Waals surface area contributed by atoms with Gasteiger partial charge in [-0.2, -0.15) is 0 Å². The van der Waals surface area contributed by atoms with Crippen molar-refractivity contribution in [1.29, 1.82) is 0 Å². The molecule has 4 rings (SSSR count). The van der Waals surface area contributed by atoms with E-state index in [0.717, 1.165) is 42.3 Å². The molecule has 1 aliphatic rings. The molecule has 7 heteroatoms. The number of ether oxygens (including phenoxy) is 2. The molecule has 24 heavy (non-hydrogen) atoms. The van der Waals surface area contributed by atoms with Gasteiger partial charge in [0.2, 0.25) is 0 Å². The van der Waals surface area contributed by atoms with E-state index in [4.69, 9.17) is 14.0 Å². The Morgan fingerprint density at radius 2 is 2.29 bits per heavy atom. The lowest BCUT2D eigenvalue weighted by atomic mass is 10.1. The fraction of sp³-hybridized carbons (Fsp3) is 0.353. The average Bonchev–Trinajstić information content (AvgIpc) is 3.36. The van der Waals surface area contributed by atoms with Crippen LogP contribution in [0.5, 0.6) is 5.75 Å². The largest absolute Gasteiger partial charge is 0.497 e. The number of nitrogens with zero attached hydrogens (tertiary/aromatic N) is 4. The highest BCUT2D eigenvalue weighted by Crippen LogP contribution is 2.25. The molecule has 1 fully saturated rings. The summed E-state index contributed by atoms with van der Waals surface area (Å²) >= 11 is 0. The minimum Gasteiger partial charge on any atom is -0.497 e. The highest BCUT2D eigenvalue weighted by Gasteiger charge is 2.21. The minimum atomic E-state index is 0.350. The standard InChI is InChI=1S/C17H18N4O3/c1-22-15-4-2-3-12(7-15)17-8-14(19-24-17)9-21-10-16(18-20-21)13-5-6-23-11-13/h2-4,7-8,10,13H,5-6,9,11H2,1H3/t13-/m0/s1. The maximum Gasteiger partial charge on any atom is 0.167 e. The Morgan fingerprint density at radius 3 is 3.12 bits per heavy atom. The number of rotatable bonds is 5. The Labute approximate surface area is 139 Å². The maximum absolute atomic E-state index is 5.44. The van der Waals surface area contributed by atoms with Crippen LogP contribution in [0.25, 0.3) is 11.3 Å². The van der Waals surface area contributed by atoms with E-state index < -0.39 is 0 Å². The lowest BCUT2D eigenvalue weighted by Gasteiger charge is -2.00. The van der Waals surface area contributed by atoms with Crippen LogP contribution in [0, 0.1) is 0 Å². The van der Waals surface area contributed by atoms with E-state index in [1.165, 1.54) is 0 Å². The lowest BCUT2D eigenvalue weighted by Crippen LogP contribution is -2.00. The molecule has 1 atom stereocenters. The fourth-order valence-electron chi connectivity index (χ4n) is 2.81. The fourth-order valence-corrected chi connectivity index (χ4v) is 2.81. The molecule has 1 saturated heterocycles. The molecule has 0 saturated carbocycles. The lowest BCUT2D eigenvalue weighted by molar-refractivity contribution is 0.193. The summed E-state index contributed by atoms with van der Waals surface area (Å²) in [5, 5.41) is 12.5. The molecule has 7 nitrogen and oxygen atoms in total. The number of benzene rings is 1. The number of methoxy groups -OCH3 is 1. The van der Waals surface area contributed by atoms with Gasteiger partial charge in [-0.05, 0) is 18.6 Å². The van der Waals surface area contributed by atoms with Crippen LogP contribution in [-0.4, -0.2) is 40.5 Å². The van der Waals surface area contributed by atoms with E-state index in [9.17, 15) is 0 Å². The molecular weight excluding hydrogens is 308 g/mol. The van der Waals surface area contributed by atoms with E-state index in [-0.39, 0.29) is 0 Å². The van der Waals surface area contributed by atoms with Gasteiger partial charge in [0.1, 0.15) is 11.4 Å². The first-order chi connectivity index (χ1) is 11.8. The van der Waals surface area contributed by atoms with Crippen molar-refractivity contribution in [1.82, 2.24) is 20.2 Å². The zero-order chi connectivity index (χ0) is 16.4. The van der Waals surface area contributed by atoms with Crippen LogP contribution in [0.15, 0.2) is 41.1 Å². The molecule has 3 heterocycles. The molecule has 124 valence electrons. The van der Waals surface area contributed by atoms with E-state index in [0.29, 0.717) is 18.2 Å². The number of hydrogen-bond donors (Lipinski definition) is 0. The third kappa shape index (κ3) is 3.03. The number of hydrogen-bond acceptors (Lipinski definition) is 6. The molecule has 0 radical (unpaired) electrons. The van der Waals surface area contributed by atoms with E-state index in [1.54, 1.807) is 11.8 Å². The van der Waals surface area contributed by atoms with Crippen molar-refractivity contribution in [3.8, 4) is 17.1 Å². The summed E-state index contributed by atoms with van der Waals surface area (Å²) in [6, 6.07) is 9.60. The van der Waals surface area contributed by atoms with Crippen molar-refractivity contribution in [2.24, 2.45) is 0 Å². The third-order valence-corrected chi connectivity index (χ3v) is 4.14. The molecular formula is C17H18N4O3. The summed E-state index contributed by atoms with van der Waals surface area (Å²) in [5.74, 6) is 1.84. The second-order valence-corrected chi connectivity index (χ2v) is 5.82. The zero-order valence-electron chi connectivity index (χ0n) is 13.4. The van der Waals surface area contributed by atoms with Crippen molar-refractivity contribution >= 4 is 0 Å². The predicted octanol–water partition coefficient (Wildman–Crippen LogP) is 2.49. The van der Waals surface area contributed by atoms with E-state index in [2.05, 4.69) is 15.5 Å². The van der Waals surface area contributed by atoms with Gasteiger partial charge < -0.3 is 14.0 Å². The summed E-state index contributed by atoms with van der Waals surface area (Å²) in [5.41, 5.74) is 2.70. The molecule has 0 aliphatic carbocycles.